The highest BCUT2D eigenvalue weighted by molar-refractivity contribution is 7.10. The first-order chi connectivity index (χ1) is 15.7. The Morgan fingerprint density at radius 1 is 1.06 bits per heavy atom. The number of aryl methyl sites for hydroxylation is 1. The monoisotopic (exact) mass is 438 g/mol. The summed E-state index contributed by atoms with van der Waals surface area (Å²) in [5, 5.41) is 10.6. The number of hydrogen-bond donors (Lipinski definition) is 1. The molecule has 0 spiro atoms. The molecule has 6 rings (SSSR count). The summed E-state index contributed by atoms with van der Waals surface area (Å²) in [6.07, 6.45) is 5.01. The van der Waals surface area contributed by atoms with Crippen LogP contribution in [0.25, 0.3) is 5.69 Å². The number of rotatable bonds is 3. The normalized spacial score (nSPS) is 20.0. The number of anilines is 1. The number of benzene rings is 1. The van der Waals surface area contributed by atoms with Crippen molar-refractivity contribution in [2.45, 2.75) is 31.6 Å². The van der Waals surface area contributed by atoms with E-state index < -0.39 is 0 Å². The molecule has 0 saturated heterocycles. The molecule has 0 fully saturated rings. The molecule has 5 nitrogen and oxygen atoms in total. The maximum absolute atomic E-state index is 13.6. The van der Waals surface area contributed by atoms with Crippen molar-refractivity contribution in [1.82, 2.24) is 14.8 Å². The molecule has 1 aromatic carbocycles. The summed E-state index contributed by atoms with van der Waals surface area (Å²) in [6.45, 7) is 2.02. The third kappa shape index (κ3) is 3.02. The van der Waals surface area contributed by atoms with E-state index in [0.29, 0.717) is 6.42 Å². The van der Waals surface area contributed by atoms with Gasteiger partial charge in [0.25, 0.3) is 0 Å². The number of nitrogens with zero attached hydrogens (tertiary/aromatic N) is 3. The zero-order chi connectivity index (χ0) is 21.7. The lowest BCUT2D eigenvalue weighted by atomic mass is 9.73. The fourth-order valence-electron chi connectivity index (χ4n) is 5.04. The zero-order valence-corrected chi connectivity index (χ0v) is 18.5. The quantitative estimate of drug-likeness (QED) is 0.453. The first-order valence-electron chi connectivity index (χ1n) is 10.8. The van der Waals surface area contributed by atoms with Crippen molar-refractivity contribution in [2.24, 2.45) is 0 Å². The number of allylic oxidation sites excluding steroid dienone is 2. The molecule has 0 radical (unpaired) electrons. The summed E-state index contributed by atoms with van der Waals surface area (Å²) in [5.41, 5.74) is 5.89. The van der Waals surface area contributed by atoms with Gasteiger partial charge in [0.05, 0.1) is 11.4 Å². The van der Waals surface area contributed by atoms with Crippen LogP contribution in [0.5, 0.6) is 0 Å². The molecular weight excluding hydrogens is 416 g/mol. The summed E-state index contributed by atoms with van der Waals surface area (Å²) in [7, 11) is 0. The minimum absolute atomic E-state index is 0.163. The van der Waals surface area contributed by atoms with Gasteiger partial charge in [-0.3, -0.25) is 9.78 Å². The smallest absolute Gasteiger partial charge is 0.162 e. The number of para-hydroxylation sites is 1. The van der Waals surface area contributed by atoms with Crippen molar-refractivity contribution in [2.75, 3.05) is 5.32 Å². The highest BCUT2D eigenvalue weighted by Crippen LogP contribution is 2.49. The number of carbonyl (C=O) groups excluding carboxylic acids is 1. The lowest BCUT2D eigenvalue weighted by molar-refractivity contribution is -0.116. The van der Waals surface area contributed by atoms with Crippen molar-refractivity contribution in [3.8, 4) is 5.69 Å². The zero-order valence-electron chi connectivity index (χ0n) is 17.7. The minimum Gasteiger partial charge on any atom is -0.343 e. The molecule has 1 aliphatic heterocycles. The predicted octanol–water partition coefficient (Wildman–Crippen LogP) is 5.60. The van der Waals surface area contributed by atoms with Gasteiger partial charge in [-0.15, -0.1) is 11.3 Å². The Labute approximate surface area is 190 Å². The lowest BCUT2D eigenvalue weighted by Crippen LogP contribution is -2.30. The van der Waals surface area contributed by atoms with Gasteiger partial charge in [0.15, 0.2) is 5.78 Å². The van der Waals surface area contributed by atoms with Crippen LogP contribution in [0.1, 0.15) is 46.4 Å². The fourth-order valence-corrected chi connectivity index (χ4v) is 5.87. The molecule has 1 N–H and O–H groups in total. The molecule has 4 heterocycles. The summed E-state index contributed by atoms with van der Waals surface area (Å²) < 4.78 is 1.97. The summed E-state index contributed by atoms with van der Waals surface area (Å²) in [6, 6.07) is 18.3. The average Bonchev–Trinajstić information content (AvgIpc) is 3.48. The van der Waals surface area contributed by atoms with E-state index in [0.717, 1.165) is 46.0 Å². The highest BCUT2D eigenvalue weighted by Gasteiger charge is 2.41. The van der Waals surface area contributed by atoms with Crippen LogP contribution in [0.4, 0.5) is 5.82 Å². The molecule has 0 amide bonds. The van der Waals surface area contributed by atoms with Crippen LogP contribution in [-0.2, 0) is 4.79 Å². The third-order valence-corrected chi connectivity index (χ3v) is 7.46. The average molecular weight is 439 g/mol. The number of thiophene rings is 1. The Bertz CT molecular complexity index is 1320. The van der Waals surface area contributed by atoms with E-state index >= 15 is 0 Å². The van der Waals surface area contributed by atoms with E-state index in [1.165, 1.54) is 4.88 Å². The fraction of sp³-hybridized carbons (Fsp3) is 0.192. The van der Waals surface area contributed by atoms with Crippen molar-refractivity contribution in [1.29, 1.82) is 0 Å². The first-order valence-corrected chi connectivity index (χ1v) is 11.7. The van der Waals surface area contributed by atoms with Crippen LogP contribution in [0.2, 0.25) is 0 Å². The standard InChI is InChI=1S/C26H22N4OS/c1-16-23-24(17-7-5-11-27-15-17)25-20(13-18(14-21(25)31)22-10-6-12-32-22)28-26(23)30(29-16)19-8-3-2-4-9-19/h2-12,15,18,24,28H,13-14H2,1H3/t18-,24-/m1/s1. The van der Waals surface area contributed by atoms with Gasteiger partial charge in [-0.2, -0.15) is 5.10 Å². The minimum atomic E-state index is -0.163. The molecule has 32 heavy (non-hydrogen) atoms. The van der Waals surface area contributed by atoms with Gasteiger partial charge in [-0.25, -0.2) is 4.68 Å². The molecule has 3 aromatic heterocycles. The number of hydrogen-bond acceptors (Lipinski definition) is 5. The van der Waals surface area contributed by atoms with Crippen LogP contribution in [0.3, 0.4) is 0 Å². The van der Waals surface area contributed by atoms with E-state index in [4.69, 9.17) is 5.10 Å². The molecule has 158 valence electrons. The Morgan fingerprint density at radius 3 is 2.69 bits per heavy atom. The molecule has 1 aliphatic carbocycles. The van der Waals surface area contributed by atoms with Gasteiger partial charge < -0.3 is 5.32 Å². The number of nitrogens with one attached hydrogen (secondary N) is 1. The van der Waals surface area contributed by atoms with Gasteiger partial charge in [0.2, 0.25) is 0 Å². The van der Waals surface area contributed by atoms with Crippen LogP contribution >= 0.6 is 11.3 Å². The Balaban J connectivity index is 1.54. The van der Waals surface area contributed by atoms with Crippen LogP contribution in [0.15, 0.2) is 83.6 Å². The molecule has 0 unspecified atom stereocenters. The van der Waals surface area contributed by atoms with Crippen molar-refractivity contribution in [3.63, 3.8) is 0 Å². The van der Waals surface area contributed by atoms with E-state index in [-0.39, 0.29) is 17.6 Å². The lowest BCUT2D eigenvalue weighted by Gasteiger charge is -2.35. The SMILES string of the molecule is Cc1nn(-c2ccccc2)c2c1[C@@H](c1cccnc1)C1=C(C[C@@H](c3cccs3)CC1=O)N2. The van der Waals surface area contributed by atoms with Gasteiger partial charge in [-0.1, -0.05) is 30.3 Å². The Hall–Kier alpha value is -3.51. The van der Waals surface area contributed by atoms with Crippen LogP contribution in [0, 0.1) is 6.92 Å². The number of carbonyl (C=O) groups is 1. The molecule has 0 saturated carbocycles. The molecule has 6 heteroatoms. The third-order valence-electron chi connectivity index (χ3n) is 6.43. The molecular formula is C26H22N4OS. The van der Waals surface area contributed by atoms with Crippen molar-refractivity contribution < 1.29 is 4.79 Å². The van der Waals surface area contributed by atoms with Gasteiger partial charge in [0, 0.05) is 52.4 Å². The molecule has 0 bridgehead atoms. The van der Waals surface area contributed by atoms with E-state index in [2.05, 4.69) is 46.0 Å². The van der Waals surface area contributed by atoms with E-state index in [1.807, 2.05) is 42.1 Å². The van der Waals surface area contributed by atoms with E-state index in [1.54, 1.807) is 17.5 Å². The van der Waals surface area contributed by atoms with Gasteiger partial charge in [-0.05, 0) is 48.6 Å². The maximum Gasteiger partial charge on any atom is 0.162 e. The molecule has 2 aliphatic rings. The van der Waals surface area contributed by atoms with Crippen molar-refractivity contribution >= 4 is 22.9 Å². The Morgan fingerprint density at radius 2 is 1.94 bits per heavy atom. The van der Waals surface area contributed by atoms with Crippen LogP contribution < -0.4 is 5.32 Å². The predicted molar refractivity (Wildman–Crippen MR) is 126 cm³/mol. The number of aromatic nitrogens is 3. The van der Waals surface area contributed by atoms with Gasteiger partial charge >= 0.3 is 0 Å². The summed E-state index contributed by atoms with van der Waals surface area (Å²) in [4.78, 5) is 19.2. The molecule has 2 atom stereocenters. The Kier molecular flexibility index (Phi) is 4.54. The summed E-state index contributed by atoms with van der Waals surface area (Å²) in [5.74, 6) is 1.20. The first kappa shape index (κ1) is 19.2. The topological polar surface area (TPSA) is 59.8 Å². The van der Waals surface area contributed by atoms with E-state index in [9.17, 15) is 4.79 Å². The maximum atomic E-state index is 13.6. The number of fused-ring (bicyclic) bond motifs is 1. The summed E-state index contributed by atoms with van der Waals surface area (Å²) >= 11 is 1.73. The second-order valence-corrected chi connectivity index (χ2v) is 9.35. The number of pyridine rings is 1. The van der Waals surface area contributed by atoms with Crippen LogP contribution in [-0.4, -0.2) is 20.5 Å². The number of ketones is 1. The van der Waals surface area contributed by atoms with Crippen molar-refractivity contribution in [3.05, 3.63) is 105 Å². The second kappa shape index (κ2) is 7.57. The van der Waals surface area contributed by atoms with Gasteiger partial charge in [0.1, 0.15) is 5.82 Å². The number of Topliss-reactive ketones (excluding diaryl/α,β-unsaturated/α-hetero) is 1. The highest BCUT2D eigenvalue weighted by atomic mass is 32.1. The molecule has 4 aromatic rings. The largest absolute Gasteiger partial charge is 0.343 e. The second-order valence-electron chi connectivity index (χ2n) is 8.38.